The molecule has 0 spiro atoms. The van der Waals surface area contributed by atoms with E-state index in [9.17, 15) is 19.5 Å². The lowest BCUT2D eigenvalue weighted by molar-refractivity contribution is -0.152. The van der Waals surface area contributed by atoms with Gasteiger partial charge < -0.3 is 14.6 Å². The van der Waals surface area contributed by atoms with Crippen molar-refractivity contribution in [1.82, 2.24) is 0 Å². The van der Waals surface area contributed by atoms with Gasteiger partial charge in [-0.3, -0.25) is 14.4 Å². The maximum Gasteiger partial charge on any atom is 0.305 e. The number of hydrogen-bond donors (Lipinski definition) is 1. The molecule has 6 heteroatoms. The first-order valence-electron chi connectivity index (χ1n) is 20.5. The van der Waals surface area contributed by atoms with Crippen LogP contribution in [0.25, 0.3) is 0 Å². The van der Waals surface area contributed by atoms with Crippen LogP contribution in [0.5, 0.6) is 0 Å². The number of hydrogen-bond acceptors (Lipinski definition) is 6. The lowest BCUT2D eigenvalue weighted by atomic mass is 10.0. The zero-order valence-corrected chi connectivity index (χ0v) is 32.6. The highest BCUT2D eigenvalue weighted by molar-refractivity contribution is 5.89. The number of aliphatic hydroxyl groups excluding tert-OH is 1. The van der Waals surface area contributed by atoms with E-state index in [-0.39, 0.29) is 37.4 Å². The molecule has 0 heterocycles. The summed E-state index contributed by atoms with van der Waals surface area (Å²) >= 11 is 0. The molecule has 50 heavy (non-hydrogen) atoms. The molecular weight excluding hydrogens is 624 g/mol. The van der Waals surface area contributed by atoms with Crippen molar-refractivity contribution in [3.05, 3.63) is 48.6 Å². The first-order valence-corrected chi connectivity index (χ1v) is 20.5. The van der Waals surface area contributed by atoms with E-state index in [0.29, 0.717) is 19.3 Å². The van der Waals surface area contributed by atoms with Crippen molar-refractivity contribution < 1.29 is 29.0 Å². The molecular formula is C44H76O6. The van der Waals surface area contributed by atoms with Crippen molar-refractivity contribution >= 4 is 17.7 Å². The zero-order chi connectivity index (χ0) is 36.8. The van der Waals surface area contributed by atoms with Crippen molar-refractivity contribution in [1.29, 1.82) is 0 Å². The summed E-state index contributed by atoms with van der Waals surface area (Å²) in [5.41, 5.74) is 0. The van der Waals surface area contributed by atoms with Crippen molar-refractivity contribution in [2.45, 2.75) is 194 Å². The average Bonchev–Trinajstić information content (AvgIpc) is 3.09. The minimum absolute atomic E-state index is 0.147. The van der Waals surface area contributed by atoms with Crippen LogP contribution in [0.4, 0.5) is 0 Å². The van der Waals surface area contributed by atoms with Gasteiger partial charge in [-0.05, 0) is 50.5 Å². The van der Waals surface area contributed by atoms with Gasteiger partial charge in [0.05, 0.1) is 0 Å². The summed E-state index contributed by atoms with van der Waals surface area (Å²) in [6.45, 7) is 6.45. The summed E-state index contributed by atoms with van der Waals surface area (Å²) in [4.78, 5) is 35.6. The summed E-state index contributed by atoms with van der Waals surface area (Å²) in [7, 11) is 0. The van der Waals surface area contributed by atoms with Crippen LogP contribution in [0, 0.1) is 5.92 Å². The smallest absolute Gasteiger partial charge is 0.305 e. The first kappa shape index (κ1) is 47.5. The molecule has 1 N–H and O–H groups in total. The van der Waals surface area contributed by atoms with E-state index in [1.165, 1.54) is 83.5 Å². The Labute approximate surface area is 307 Å². The Morgan fingerprint density at radius 1 is 0.540 bits per heavy atom. The maximum atomic E-state index is 12.0. The Hall–Kier alpha value is -2.47. The minimum Gasteiger partial charge on any atom is -0.463 e. The lowest BCUT2D eigenvalue weighted by Gasteiger charge is -2.12. The fourth-order valence-corrected chi connectivity index (χ4v) is 5.57. The highest BCUT2D eigenvalue weighted by Gasteiger charge is 2.12. The number of allylic oxidation sites excluding steroid dienone is 8. The fourth-order valence-electron chi connectivity index (χ4n) is 5.57. The lowest BCUT2D eigenvalue weighted by Crippen LogP contribution is -2.25. The predicted molar refractivity (Wildman–Crippen MR) is 210 cm³/mol. The van der Waals surface area contributed by atoms with E-state index < -0.39 is 6.10 Å². The molecule has 288 valence electrons. The molecule has 0 unspecified atom stereocenters. The van der Waals surface area contributed by atoms with Crippen LogP contribution in [0.15, 0.2) is 48.6 Å². The monoisotopic (exact) mass is 701 g/mol. The molecule has 0 aliphatic rings. The Kier molecular flexibility index (Phi) is 35.9. The molecule has 0 bridgehead atoms. The summed E-state index contributed by atoms with van der Waals surface area (Å²) in [5, 5.41) is 10.0. The third-order valence-corrected chi connectivity index (χ3v) is 8.72. The minimum atomic E-state index is -1.00. The fraction of sp³-hybridized carbons (Fsp3) is 0.750. The Morgan fingerprint density at radius 2 is 1.00 bits per heavy atom. The molecule has 0 aromatic carbocycles. The number of ketones is 1. The van der Waals surface area contributed by atoms with Gasteiger partial charge in [-0.25, -0.2) is 0 Å². The third-order valence-electron chi connectivity index (χ3n) is 8.72. The summed E-state index contributed by atoms with van der Waals surface area (Å²) in [6.07, 6.45) is 43.0. The molecule has 0 aromatic heterocycles. The molecule has 0 rings (SSSR count). The number of esters is 2. The molecule has 0 radical (unpaired) electrons. The molecule has 1 atom stereocenters. The largest absolute Gasteiger partial charge is 0.463 e. The van der Waals surface area contributed by atoms with Crippen LogP contribution in [-0.4, -0.2) is 42.1 Å². The zero-order valence-electron chi connectivity index (χ0n) is 32.6. The average molecular weight is 701 g/mol. The Morgan fingerprint density at radius 3 is 1.54 bits per heavy atom. The van der Waals surface area contributed by atoms with Crippen molar-refractivity contribution in [3.63, 3.8) is 0 Å². The maximum absolute atomic E-state index is 12.0. The van der Waals surface area contributed by atoms with E-state index in [4.69, 9.17) is 9.47 Å². The van der Waals surface area contributed by atoms with E-state index in [0.717, 1.165) is 63.7 Å². The molecule has 0 amide bonds. The standard InChI is InChI=1S/C44H76O6/c1-4-5-28-34-41(45)35-30-25-21-17-13-11-15-19-23-27-32-37-44(48)50-39-42(46)38-49-43(47)36-31-26-22-18-14-10-8-6-7-9-12-16-20-24-29-33-40(2)3/h11,13,19,21,23,25,30,35,40,42,46H,4-10,12,14-18,20,22,24,26-29,31-34,36-39H2,1-3H3/b13-11-,23-19-,25-21-,35-30+/t42-/m0/s1. The molecule has 0 saturated heterocycles. The van der Waals surface area contributed by atoms with Crippen LogP contribution in [0.2, 0.25) is 0 Å². The van der Waals surface area contributed by atoms with Gasteiger partial charge in [0.15, 0.2) is 5.78 Å². The summed E-state index contributed by atoms with van der Waals surface area (Å²) < 4.78 is 10.3. The second kappa shape index (κ2) is 37.8. The number of carbonyl (C=O) groups excluding carboxylic acids is 3. The van der Waals surface area contributed by atoms with Gasteiger partial charge in [0, 0.05) is 19.3 Å². The van der Waals surface area contributed by atoms with E-state index >= 15 is 0 Å². The van der Waals surface area contributed by atoms with Gasteiger partial charge in [0.2, 0.25) is 0 Å². The van der Waals surface area contributed by atoms with Crippen molar-refractivity contribution in [2.75, 3.05) is 13.2 Å². The van der Waals surface area contributed by atoms with Crippen LogP contribution >= 0.6 is 0 Å². The molecule has 6 nitrogen and oxygen atoms in total. The van der Waals surface area contributed by atoms with Crippen molar-refractivity contribution in [2.24, 2.45) is 5.92 Å². The van der Waals surface area contributed by atoms with E-state index in [1.807, 2.05) is 18.2 Å². The number of ether oxygens (including phenoxy) is 2. The van der Waals surface area contributed by atoms with Crippen molar-refractivity contribution in [3.8, 4) is 0 Å². The molecule has 0 aromatic rings. The van der Waals surface area contributed by atoms with E-state index in [1.54, 1.807) is 6.08 Å². The van der Waals surface area contributed by atoms with Gasteiger partial charge >= 0.3 is 11.9 Å². The van der Waals surface area contributed by atoms with Crippen LogP contribution in [0.3, 0.4) is 0 Å². The normalized spacial score (nSPS) is 12.7. The SMILES string of the molecule is CCCCCC(=O)/C=C/C=C\C/C=C\C/C=C\CCCC(=O)OC[C@@H](O)COC(=O)CCCCCCCCCCCCCCCCCC(C)C. The van der Waals surface area contributed by atoms with Crippen LogP contribution in [0.1, 0.15) is 188 Å². The van der Waals surface area contributed by atoms with Crippen LogP contribution < -0.4 is 0 Å². The second-order valence-corrected chi connectivity index (χ2v) is 14.3. The summed E-state index contributed by atoms with van der Waals surface area (Å²) in [5.74, 6) is 0.377. The van der Waals surface area contributed by atoms with Gasteiger partial charge in [-0.2, -0.15) is 0 Å². The highest BCUT2D eigenvalue weighted by atomic mass is 16.6. The quantitative estimate of drug-likeness (QED) is 0.0230. The number of rotatable bonds is 36. The first-order chi connectivity index (χ1) is 24.3. The number of unbranched alkanes of at least 4 members (excludes halogenated alkanes) is 17. The molecule has 0 aliphatic carbocycles. The number of aliphatic hydroxyl groups is 1. The topological polar surface area (TPSA) is 89.9 Å². The third kappa shape index (κ3) is 38.3. The predicted octanol–water partition coefficient (Wildman–Crippen LogP) is 12.0. The molecule has 0 aliphatic heterocycles. The van der Waals surface area contributed by atoms with Gasteiger partial charge in [-0.1, -0.05) is 172 Å². The second-order valence-electron chi connectivity index (χ2n) is 14.3. The van der Waals surface area contributed by atoms with Gasteiger partial charge in [0.1, 0.15) is 19.3 Å². The Bertz CT molecular complexity index is 915. The molecule has 0 saturated carbocycles. The number of carbonyl (C=O) groups is 3. The highest BCUT2D eigenvalue weighted by Crippen LogP contribution is 2.15. The Balaban J connectivity index is 3.55. The summed E-state index contributed by atoms with van der Waals surface area (Å²) in [6, 6.07) is 0. The van der Waals surface area contributed by atoms with Gasteiger partial charge in [0.25, 0.3) is 0 Å². The molecule has 0 fully saturated rings. The van der Waals surface area contributed by atoms with E-state index in [2.05, 4.69) is 45.1 Å². The van der Waals surface area contributed by atoms with Crippen LogP contribution in [-0.2, 0) is 23.9 Å². The van der Waals surface area contributed by atoms with Gasteiger partial charge in [-0.15, -0.1) is 0 Å².